The normalized spacial score (nSPS) is 12.0. The molecule has 3 N–H and O–H groups in total. The maximum Gasteiger partial charge on any atom is 0.171 e. The molecular weight excluding hydrogens is 302 g/mol. The Hall–Kier alpha value is -1.91. The van der Waals surface area contributed by atoms with Crippen LogP contribution in [0.2, 0.25) is 0 Å². The molecule has 0 amide bonds. The van der Waals surface area contributed by atoms with E-state index in [1.165, 1.54) is 21.6 Å². The van der Waals surface area contributed by atoms with E-state index in [0.717, 1.165) is 12.2 Å². The van der Waals surface area contributed by atoms with Crippen molar-refractivity contribution in [2.24, 2.45) is 0 Å². The summed E-state index contributed by atoms with van der Waals surface area (Å²) in [7, 11) is 4.30. The van der Waals surface area contributed by atoms with Crippen LogP contribution in [-0.4, -0.2) is 25.8 Å². The third-order valence-corrected chi connectivity index (χ3v) is 4.10. The molecule has 0 fully saturated rings. The van der Waals surface area contributed by atoms with Crippen LogP contribution in [-0.2, 0) is 0 Å². The lowest BCUT2D eigenvalue weighted by Crippen LogP contribution is -3.06. The predicted molar refractivity (Wildman–Crippen MR) is 102 cm³/mol. The minimum Gasteiger partial charge on any atom is -0.350 e. The summed E-state index contributed by atoms with van der Waals surface area (Å²) in [4.78, 5) is 1.38. The number of hydrogen-bond acceptors (Lipinski definition) is 1. The van der Waals surface area contributed by atoms with Crippen LogP contribution in [0.4, 0.5) is 5.69 Å². The fourth-order valence-electron chi connectivity index (χ4n) is 2.49. The zero-order chi connectivity index (χ0) is 16.8. The summed E-state index contributed by atoms with van der Waals surface area (Å²) in [5, 5.41) is 7.40. The number of thiocarbonyl (C=S) groups is 1. The molecule has 2 rings (SSSR count). The van der Waals surface area contributed by atoms with Gasteiger partial charge in [-0.15, -0.1) is 0 Å². The molecule has 0 unspecified atom stereocenters. The maximum atomic E-state index is 5.51. The van der Waals surface area contributed by atoms with Gasteiger partial charge in [0, 0.05) is 5.69 Å². The zero-order valence-electron chi connectivity index (χ0n) is 14.3. The molecule has 122 valence electrons. The number of rotatable bonds is 5. The average molecular weight is 329 g/mol. The first-order valence-electron chi connectivity index (χ1n) is 7.94. The third kappa shape index (κ3) is 5.34. The first kappa shape index (κ1) is 17.4. The van der Waals surface area contributed by atoms with Gasteiger partial charge >= 0.3 is 0 Å². The second-order valence-corrected chi connectivity index (χ2v) is 6.68. The van der Waals surface area contributed by atoms with Gasteiger partial charge in [-0.25, -0.2) is 0 Å². The molecule has 3 nitrogen and oxygen atoms in total. The Bertz CT molecular complexity index is 653. The average Bonchev–Trinajstić information content (AvgIpc) is 2.51. The van der Waals surface area contributed by atoms with E-state index in [0.29, 0.717) is 5.11 Å². The molecule has 2 aromatic carbocycles. The lowest BCUT2D eigenvalue weighted by atomic mass is 10.1. The van der Waals surface area contributed by atoms with E-state index in [2.05, 4.69) is 81.0 Å². The van der Waals surface area contributed by atoms with E-state index in [1.807, 2.05) is 6.07 Å². The molecule has 0 spiro atoms. The highest BCUT2D eigenvalue weighted by Crippen LogP contribution is 2.15. The molecule has 0 radical (unpaired) electrons. The van der Waals surface area contributed by atoms with Gasteiger partial charge in [-0.3, -0.25) is 0 Å². The van der Waals surface area contributed by atoms with Gasteiger partial charge in [0.25, 0.3) is 0 Å². The van der Waals surface area contributed by atoms with Crippen LogP contribution < -0.4 is 15.5 Å². The summed E-state index contributed by atoms with van der Waals surface area (Å²) in [5.74, 6) is 0. The number of hydrogen-bond donors (Lipinski definition) is 3. The van der Waals surface area contributed by atoms with E-state index in [4.69, 9.17) is 12.2 Å². The molecule has 0 aliphatic rings. The van der Waals surface area contributed by atoms with Crippen LogP contribution in [0.1, 0.15) is 22.7 Å². The van der Waals surface area contributed by atoms with Crippen molar-refractivity contribution in [2.75, 3.05) is 26.0 Å². The van der Waals surface area contributed by atoms with Crippen molar-refractivity contribution in [3.63, 3.8) is 0 Å². The summed E-state index contributed by atoms with van der Waals surface area (Å²) in [5.41, 5.74) is 4.82. The summed E-state index contributed by atoms with van der Waals surface area (Å²) < 4.78 is 0. The lowest BCUT2D eigenvalue weighted by Gasteiger charge is -2.22. The minimum atomic E-state index is 0.188. The van der Waals surface area contributed by atoms with Gasteiger partial charge in [0.2, 0.25) is 0 Å². The Kier molecular flexibility index (Phi) is 6.13. The maximum absolute atomic E-state index is 5.51. The molecule has 0 aliphatic carbocycles. The van der Waals surface area contributed by atoms with E-state index in [9.17, 15) is 0 Å². The highest BCUT2D eigenvalue weighted by atomic mass is 32.1. The number of nitrogens with one attached hydrogen (secondary N) is 3. The first-order valence-corrected chi connectivity index (χ1v) is 8.35. The molecule has 0 aromatic heterocycles. The molecule has 0 aliphatic heterocycles. The van der Waals surface area contributed by atoms with E-state index in [-0.39, 0.29) is 6.04 Å². The zero-order valence-corrected chi connectivity index (χ0v) is 15.1. The number of quaternary nitrogens is 1. The number of likely N-dealkylation sites (N-methyl/N-ethyl adjacent to an activating group) is 1. The molecule has 0 saturated carbocycles. The largest absolute Gasteiger partial charge is 0.350 e. The molecule has 0 bridgehead atoms. The molecule has 0 heterocycles. The van der Waals surface area contributed by atoms with Gasteiger partial charge in [0.05, 0.1) is 14.1 Å². The van der Waals surface area contributed by atoms with E-state index >= 15 is 0 Å². The smallest absolute Gasteiger partial charge is 0.171 e. The number of anilines is 1. The first-order chi connectivity index (χ1) is 11.0. The Balaban J connectivity index is 2.06. The van der Waals surface area contributed by atoms with Gasteiger partial charge in [-0.2, -0.15) is 0 Å². The molecule has 1 atom stereocenters. The Morgan fingerprint density at radius 2 is 1.74 bits per heavy atom. The monoisotopic (exact) mass is 328 g/mol. The minimum absolute atomic E-state index is 0.188. The fourth-order valence-corrected chi connectivity index (χ4v) is 2.75. The van der Waals surface area contributed by atoms with Crippen LogP contribution in [0.5, 0.6) is 0 Å². The molecule has 2 aromatic rings. The van der Waals surface area contributed by atoms with E-state index in [1.54, 1.807) is 0 Å². The predicted octanol–water partition coefficient (Wildman–Crippen LogP) is 2.48. The topological polar surface area (TPSA) is 28.5 Å². The van der Waals surface area contributed by atoms with Crippen molar-refractivity contribution in [1.82, 2.24) is 5.32 Å². The molecule has 23 heavy (non-hydrogen) atoms. The van der Waals surface area contributed by atoms with Crippen LogP contribution in [0, 0.1) is 13.8 Å². The van der Waals surface area contributed by atoms with Crippen molar-refractivity contribution >= 4 is 23.0 Å². The summed E-state index contributed by atoms with van der Waals surface area (Å²) in [6.07, 6.45) is 0. The Morgan fingerprint density at radius 1 is 1.04 bits per heavy atom. The van der Waals surface area contributed by atoms with Crippen molar-refractivity contribution in [1.29, 1.82) is 0 Å². The van der Waals surface area contributed by atoms with Gasteiger partial charge in [0.1, 0.15) is 12.6 Å². The van der Waals surface area contributed by atoms with Gasteiger partial charge < -0.3 is 15.5 Å². The molecule has 4 heteroatoms. The van der Waals surface area contributed by atoms with Crippen molar-refractivity contribution in [3.8, 4) is 0 Å². The van der Waals surface area contributed by atoms with Crippen LogP contribution in [0.3, 0.4) is 0 Å². The lowest BCUT2D eigenvalue weighted by molar-refractivity contribution is -0.860. The van der Waals surface area contributed by atoms with Gasteiger partial charge in [0.15, 0.2) is 5.11 Å². The third-order valence-electron chi connectivity index (χ3n) is 3.88. The SMILES string of the molecule is Cc1ccc(NC(=S)N[C@@H](C[NH+](C)C)c2ccccc2)cc1C. The fraction of sp³-hybridized carbons (Fsp3) is 0.316. The standard InChI is InChI=1S/C19H25N3S/c1-14-10-11-17(12-15(14)2)20-19(23)21-18(13-22(3)4)16-8-6-5-7-9-16/h5-12,18H,13H2,1-4H3,(H2,20,21,23)/p+1/t18-/m0/s1. The highest BCUT2D eigenvalue weighted by molar-refractivity contribution is 7.80. The molecule has 0 saturated heterocycles. The van der Waals surface area contributed by atoms with Crippen molar-refractivity contribution < 1.29 is 4.90 Å². The second kappa shape index (κ2) is 8.09. The summed E-state index contributed by atoms with van der Waals surface area (Å²) in [6, 6.07) is 16.9. The van der Waals surface area contributed by atoms with Crippen molar-refractivity contribution in [2.45, 2.75) is 19.9 Å². The van der Waals surface area contributed by atoms with Gasteiger partial charge in [-0.05, 0) is 54.9 Å². The summed E-state index contributed by atoms with van der Waals surface area (Å²) >= 11 is 5.51. The quantitative estimate of drug-likeness (QED) is 0.737. The number of benzene rings is 2. The molecular formula is C19H26N3S+. The number of aryl methyl sites for hydroxylation is 2. The Morgan fingerprint density at radius 3 is 2.35 bits per heavy atom. The van der Waals surface area contributed by atoms with Gasteiger partial charge in [-0.1, -0.05) is 36.4 Å². The van der Waals surface area contributed by atoms with Crippen molar-refractivity contribution in [3.05, 3.63) is 65.2 Å². The summed E-state index contributed by atoms with van der Waals surface area (Å²) in [6.45, 7) is 5.18. The van der Waals surface area contributed by atoms with Crippen LogP contribution >= 0.6 is 12.2 Å². The Labute approximate surface area is 144 Å². The highest BCUT2D eigenvalue weighted by Gasteiger charge is 2.16. The second-order valence-electron chi connectivity index (χ2n) is 6.27. The van der Waals surface area contributed by atoms with Crippen LogP contribution in [0.15, 0.2) is 48.5 Å². The van der Waals surface area contributed by atoms with E-state index < -0.39 is 0 Å². The van der Waals surface area contributed by atoms with Crippen LogP contribution in [0.25, 0.3) is 0 Å².